The summed E-state index contributed by atoms with van der Waals surface area (Å²) in [6.07, 6.45) is 1.63. The lowest BCUT2D eigenvalue weighted by Crippen LogP contribution is -2.28. The van der Waals surface area contributed by atoms with Gasteiger partial charge in [-0.3, -0.25) is 14.2 Å². The third-order valence-corrected chi connectivity index (χ3v) is 5.06. The average Bonchev–Trinajstić information content (AvgIpc) is 3.24. The molecule has 1 N–H and O–H groups in total. The van der Waals surface area contributed by atoms with Crippen LogP contribution in [-0.4, -0.2) is 35.1 Å². The summed E-state index contributed by atoms with van der Waals surface area (Å²) in [5.41, 5.74) is 1.43. The fourth-order valence-corrected chi connectivity index (χ4v) is 3.52. The van der Waals surface area contributed by atoms with Crippen LogP contribution in [0.5, 0.6) is 5.75 Å². The Morgan fingerprint density at radius 1 is 1.20 bits per heavy atom. The minimum Gasteiger partial charge on any atom is -0.496 e. The summed E-state index contributed by atoms with van der Waals surface area (Å²) in [6.45, 7) is 0.520. The van der Waals surface area contributed by atoms with Gasteiger partial charge < -0.3 is 14.8 Å². The van der Waals surface area contributed by atoms with E-state index in [1.165, 1.54) is 12.1 Å². The number of hydrogen-bond acceptors (Lipinski definition) is 6. The minimum absolute atomic E-state index is 0.0943. The number of benzene rings is 2. The number of aromatic nitrogens is 2. The van der Waals surface area contributed by atoms with Gasteiger partial charge in [-0.25, -0.2) is 9.78 Å². The zero-order valence-electron chi connectivity index (χ0n) is 16.5. The van der Waals surface area contributed by atoms with Crippen LogP contribution in [0.3, 0.4) is 0 Å². The van der Waals surface area contributed by atoms with Crippen molar-refractivity contribution in [3.05, 3.63) is 69.8 Å². The van der Waals surface area contributed by atoms with E-state index in [-0.39, 0.29) is 17.7 Å². The molecule has 154 valence electrons. The number of para-hydroxylation sites is 1. The number of amides is 1. The lowest BCUT2D eigenvalue weighted by atomic mass is 10.1. The predicted molar refractivity (Wildman–Crippen MR) is 109 cm³/mol. The normalized spacial score (nSPS) is 12.4. The van der Waals surface area contributed by atoms with Crippen LogP contribution in [-0.2, 0) is 29.0 Å². The van der Waals surface area contributed by atoms with Crippen molar-refractivity contribution in [2.45, 2.75) is 25.9 Å². The molecule has 0 bridgehead atoms. The number of ether oxygens (including phenoxy) is 2. The van der Waals surface area contributed by atoms with Crippen LogP contribution in [0.1, 0.15) is 28.2 Å². The number of hydrogen-bond donors (Lipinski definition) is 1. The quantitative estimate of drug-likeness (QED) is 0.626. The smallest absolute Gasteiger partial charge is 0.338 e. The van der Waals surface area contributed by atoms with Crippen molar-refractivity contribution in [3.8, 4) is 5.75 Å². The number of nitrogens with one attached hydrogen (secondary N) is 1. The van der Waals surface area contributed by atoms with E-state index >= 15 is 0 Å². The number of fused-ring (bicyclic) bond motifs is 2. The lowest BCUT2D eigenvalue weighted by Gasteiger charge is -2.10. The Labute approximate surface area is 172 Å². The first-order valence-electron chi connectivity index (χ1n) is 9.66. The molecular weight excluding hydrogens is 386 g/mol. The number of carbonyl (C=O) groups is 2. The zero-order chi connectivity index (χ0) is 21.1. The molecule has 1 aromatic heterocycles. The maximum atomic E-state index is 12.5. The van der Waals surface area contributed by atoms with Crippen molar-refractivity contribution in [1.29, 1.82) is 0 Å². The Kier molecular flexibility index (Phi) is 5.47. The number of esters is 1. The third-order valence-electron chi connectivity index (χ3n) is 5.06. The maximum Gasteiger partial charge on any atom is 0.338 e. The summed E-state index contributed by atoms with van der Waals surface area (Å²) in [7, 11) is 1.56. The molecule has 2 heterocycles. The number of carbonyl (C=O) groups excluding carboxylic acids is 2. The molecule has 0 atom stereocenters. The average molecular weight is 407 g/mol. The van der Waals surface area contributed by atoms with Gasteiger partial charge in [0, 0.05) is 25.1 Å². The molecule has 8 nitrogen and oxygen atoms in total. The molecule has 4 rings (SSSR count). The number of nitrogens with zero attached hydrogens (tertiary/aromatic N) is 2. The molecule has 30 heavy (non-hydrogen) atoms. The Morgan fingerprint density at radius 3 is 2.87 bits per heavy atom. The molecule has 0 aliphatic carbocycles. The van der Waals surface area contributed by atoms with Crippen LogP contribution in [0.15, 0.2) is 47.3 Å². The van der Waals surface area contributed by atoms with Crippen LogP contribution in [0.25, 0.3) is 10.9 Å². The van der Waals surface area contributed by atoms with Crippen LogP contribution < -0.4 is 15.6 Å². The maximum absolute atomic E-state index is 12.5. The van der Waals surface area contributed by atoms with Crippen LogP contribution in [0.4, 0.5) is 0 Å². The standard InChI is InChI=1S/C22H21N3O5/c1-29-18-6-3-2-5-15(18)12-23-20(26)13-30-22(28)14-8-9-16-17(11-14)24-19-7-4-10-25(19)21(16)27/h2-3,5-6,8-9,11H,4,7,10,12-13H2,1H3,(H,23,26). The predicted octanol–water partition coefficient (Wildman–Crippen LogP) is 1.82. The van der Waals surface area contributed by atoms with E-state index in [2.05, 4.69) is 10.3 Å². The highest BCUT2D eigenvalue weighted by molar-refractivity contribution is 5.95. The topological polar surface area (TPSA) is 99.5 Å². The molecule has 1 amide bonds. The van der Waals surface area contributed by atoms with Crippen LogP contribution in [0, 0.1) is 0 Å². The highest BCUT2D eigenvalue weighted by atomic mass is 16.5. The van der Waals surface area contributed by atoms with Gasteiger partial charge >= 0.3 is 5.97 Å². The monoisotopic (exact) mass is 407 g/mol. The molecule has 8 heteroatoms. The van der Waals surface area contributed by atoms with Gasteiger partial charge in [0.15, 0.2) is 6.61 Å². The molecule has 0 radical (unpaired) electrons. The van der Waals surface area contributed by atoms with E-state index in [0.29, 0.717) is 23.2 Å². The van der Waals surface area contributed by atoms with E-state index in [1.807, 2.05) is 18.2 Å². The summed E-state index contributed by atoms with van der Waals surface area (Å²) in [6, 6.07) is 12.0. The molecule has 1 aliphatic heterocycles. The first-order chi connectivity index (χ1) is 14.6. The van der Waals surface area contributed by atoms with Crippen molar-refractivity contribution in [3.63, 3.8) is 0 Å². The highest BCUT2D eigenvalue weighted by Gasteiger charge is 2.18. The van der Waals surface area contributed by atoms with E-state index in [1.54, 1.807) is 23.8 Å². The van der Waals surface area contributed by atoms with E-state index in [4.69, 9.17) is 9.47 Å². The van der Waals surface area contributed by atoms with Gasteiger partial charge in [-0.05, 0) is 30.7 Å². The second-order valence-corrected chi connectivity index (χ2v) is 6.99. The lowest BCUT2D eigenvalue weighted by molar-refractivity contribution is -0.124. The molecule has 2 aromatic carbocycles. The Balaban J connectivity index is 1.39. The van der Waals surface area contributed by atoms with E-state index in [9.17, 15) is 14.4 Å². The number of methoxy groups -OCH3 is 1. The van der Waals surface area contributed by atoms with Crippen molar-refractivity contribution in [1.82, 2.24) is 14.9 Å². The molecule has 0 fully saturated rings. The summed E-state index contributed by atoms with van der Waals surface area (Å²) < 4.78 is 12.0. The minimum atomic E-state index is -0.647. The van der Waals surface area contributed by atoms with Crippen LogP contribution in [0.2, 0.25) is 0 Å². The van der Waals surface area contributed by atoms with Crippen molar-refractivity contribution in [2.75, 3.05) is 13.7 Å². The molecule has 0 spiro atoms. The van der Waals surface area contributed by atoms with E-state index < -0.39 is 18.5 Å². The fourth-order valence-electron chi connectivity index (χ4n) is 3.52. The van der Waals surface area contributed by atoms with Crippen molar-refractivity contribution < 1.29 is 19.1 Å². The van der Waals surface area contributed by atoms with Crippen LogP contribution >= 0.6 is 0 Å². The summed E-state index contributed by atoms with van der Waals surface area (Å²) in [5, 5.41) is 3.16. The Morgan fingerprint density at radius 2 is 2.03 bits per heavy atom. The molecule has 3 aromatic rings. The second-order valence-electron chi connectivity index (χ2n) is 6.99. The van der Waals surface area contributed by atoms with Gasteiger partial charge in [-0.15, -0.1) is 0 Å². The van der Waals surface area contributed by atoms with Gasteiger partial charge in [0.05, 0.1) is 23.6 Å². The molecule has 0 saturated heterocycles. The van der Waals surface area contributed by atoms with Crippen molar-refractivity contribution >= 4 is 22.8 Å². The number of rotatable bonds is 6. The zero-order valence-corrected chi connectivity index (χ0v) is 16.5. The second kappa shape index (κ2) is 8.36. The van der Waals surface area contributed by atoms with Gasteiger partial charge in [0.25, 0.3) is 11.5 Å². The van der Waals surface area contributed by atoms with Crippen molar-refractivity contribution in [2.24, 2.45) is 0 Å². The van der Waals surface area contributed by atoms with Gasteiger partial charge in [-0.1, -0.05) is 18.2 Å². The molecular formula is C22H21N3O5. The SMILES string of the molecule is COc1ccccc1CNC(=O)COC(=O)c1ccc2c(=O)n3c(nc2c1)CCC3. The third kappa shape index (κ3) is 3.89. The molecule has 1 aliphatic rings. The summed E-state index contributed by atoms with van der Waals surface area (Å²) in [4.78, 5) is 41.4. The highest BCUT2D eigenvalue weighted by Crippen LogP contribution is 2.18. The Hall–Kier alpha value is -3.68. The first kappa shape index (κ1) is 19.6. The summed E-state index contributed by atoms with van der Waals surface area (Å²) in [5.74, 6) is 0.325. The van der Waals surface area contributed by atoms with Gasteiger partial charge in [0.2, 0.25) is 0 Å². The summed E-state index contributed by atoms with van der Waals surface area (Å²) >= 11 is 0. The molecule has 0 unspecified atom stereocenters. The van der Waals surface area contributed by atoms with E-state index in [0.717, 1.165) is 24.2 Å². The number of aryl methyl sites for hydroxylation is 1. The Bertz CT molecular complexity index is 1190. The molecule has 0 saturated carbocycles. The van der Waals surface area contributed by atoms with Gasteiger partial charge in [-0.2, -0.15) is 0 Å². The fraction of sp³-hybridized carbons (Fsp3) is 0.273. The first-order valence-corrected chi connectivity index (χ1v) is 9.66. The van der Waals surface area contributed by atoms with Gasteiger partial charge in [0.1, 0.15) is 11.6 Å². The largest absolute Gasteiger partial charge is 0.496 e.